The van der Waals surface area contributed by atoms with Gasteiger partial charge in [-0.2, -0.15) is 18.0 Å². The van der Waals surface area contributed by atoms with E-state index < -0.39 is 86.1 Å². The molecule has 0 amide bonds. The summed E-state index contributed by atoms with van der Waals surface area (Å²) < 4.78 is 89.0. The number of halogens is 4. The monoisotopic (exact) mass is 597 g/mol. The molecule has 1 saturated heterocycles. The molecule has 1 fully saturated rings. The minimum absolute atomic E-state index is 0.281. The van der Waals surface area contributed by atoms with E-state index in [-0.39, 0.29) is 4.80 Å². The smallest absolute Gasteiger partial charge is 0.438 e. The number of aromatic nitrogens is 3. The van der Waals surface area contributed by atoms with Crippen LogP contribution >= 0.6 is 11.6 Å². The van der Waals surface area contributed by atoms with Crippen LogP contribution in [0, 0.1) is 6.92 Å². The Hall–Kier alpha value is -3.24. The van der Waals surface area contributed by atoms with Gasteiger partial charge in [-0.15, -0.1) is 21.8 Å². The van der Waals surface area contributed by atoms with Crippen LogP contribution in [0.15, 0.2) is 34.2 Å². The highest BCUT2D eigenvalue weighted by molar-refractivity contribution is 7.91. The van der Waals surface area contributed by atoms with Gasteiger partial charge in [-0.05, 0) is 19.1 Å². The number of carbonyl (C=O) groups excluding carboxylic acids is 3. The van der Waals surface area contributed by atoms with E-state index in [1.807, 2.05) is 0 Å². The molecular formula is C22H23ClF3N3O9S. The van der Waals surface area contributed by atoms with E-state index >= 15 is 0 Å². The van der Waals surface area contributed by atoms with Gasteiger partial charge in [0.2, 0.25) is 20.6 Å². The van der Waals surface area contributed by atoms with Crippen molar-refractivity contribution in [2.75, 3.05) is 6.61 Å². The molecule has 3 rings (SSSR count). The van der Waals surface area contributed by atoms with Gasteiger partial charge in [0.15, 0.2) is 18.4 Å². The first-order valence-corrected chi connectivity index (χ1v) is 13.1. The summed E-state index contributed by atoms with van der Waals surface area (Å²) in [7, 11) is -4.84. The zero-order chi connectivity index (χ0) is 29.3. The van der Waals surface area contributed by atoms with Gasteiger partial charge >= 0.3 is 24.1 Å². The number of sulfone groups is 1. The Kier molecular flexibility index (Phi) is 8.92. The largest absolute Gasteiger partial charge is 0.463 e. The van der Waals surface area contributed by atoms with Crippen LogP contribution in [0.5, 0.6) is 0 Å². The molecular weight excluding hydrogens is 575 g/mol. The van der Waals surface area contributed by atoms with E-state index in [9.17, 15) is 36.0 Å². The van der Waals surface area contributed by atoms with E-state index in [0.717, 1.165) is 32.9 Å². The number of benzene rings is 1. The number of hydrogen-bond acceptors (Lipinski definition) is 11. The van der Waals surface area contributed by atoms with E-state index in [4.69, 9.17) is 30.5 Å². The van der Waals surface area contributed by atoms with E-state index in [2.05, 4.69) is 10.2 Å². The van der Waals surface area contributed by atoms with Gasteiger partial charge in [-0.1, -0.05) is 17.7 Å². The molecule has 1 aromatic carbocycles. The summed E-state index contributed by atoms with van der Waals surface area (Å²) in [5, 5.41) is 3.89. The summed E-state index contributed by atoms with van der Waals surface area (Å²) in [5.74, 6) is -2.54. The average Bonchev–Trinajstić information content (AvgIpc) is 3.27. The number of hydrogen-bond donors (Lipinski definition) is 0. The minimum atomic E-state index is -5.27. The predicted molar refractivity (Wildman–Crippen MR) is 123 cm³/mol. The van der Waals surface area contributed by atoms with E-state index in [1.165, 1.54) is 12.1 Å². The number of aryl methyl sites for hydroxylation is 1. The third kappa shape index (κ3) is 6.86. The summed E-state index contributed by atoms with van der Waals surface area (Å²) in [6.45, 7) is 4.13. The Morgan fingerprint density at radius 2 is 1.56 bits per heavy atom. The molecule has 2 aromatic rings. The molecule has 39 heavy (non-hydrogen) atoms. The second kappa shape index (κ2) is 11.5. The van der Waals surface area contributed by atoms with Gasteiger partial charge in [0, 0.05) is 20.8 Å². The lowest BCUT2D eigenvalue weighted by molar-refractivity contribution is -0.228. The molecule has 0 N–H and O–H groups in total. The lowest BCUT2D eigenvalue weighted by Crippen LogP contribution is -2.58. The molecule has 1 aliphatic heterocycles. The Labute approximate surface area is 225 Å². The van der Waals surface area contributed by atoms with Crippen LogP contribution in [-0.2, 0) is 49.3 Å². The molecule has 0 unspecified atom stereocenters. The van der Waals surface area contributed by atoms with Gasteiger partial charge in [-0.3, -0.25) is 14.4 Å². The third-order valence-electron chi connectivity index (χ3n) is 5.33. The zero-order valence-electron chi connectivity index (χ0n) is 20.8. The lowest BCUT2D eigenvalue weighted by Gasteiger charge is -2.42. The van der Waals surface area contributed by atoms with Gasteiger partial charge in [0.25, 0.3) is 0 Å². The minimum Gasteiger partial charge on any atom is -0.463 e. The highest BCUT2D eigenvalue weighted by Crippen LogP contribution is 2.39. The number of carbonyl (C=O) groups is 3. The molecule has 2 heterocycles. The first-order chi connectivity index (χ1) is 18.0. The van der Waals surface area contributed by atoms with Crippen molar-refractivity contribution in [2.45, 2.75) is 73.7 Å². The Morgan fingerprint density at radius 3 is 2.08 bits per heavy atom. The topological polar surface area (TPSA) is 153 Å². The Bertz CT molecular complexity index is 1350. The zero-order valence-corrected chi connectivity index (χ0v) is 22.4. The van der Waals surface area contributed by atoms with Crippen molar-refractivity contribution in [1.82, 2.24) is 15.0 Å². The van der Waals surface area contributed by atoms with Crippen molar-refractivity contribution >= 4 is 39.3 Å². The second-order valence-corrected chi connectivity index (χ2v) is 10.8. The fraction of sp³-hybridized carbons (Fsp3) is 0.500. The second-order valence-electron chi connectivity index (χ2n) is 8.45. The quantitative estimate of drug-likeness (QED) is 0.262. The summed E-state index contributed by atoms with van der Waals surface area (Å²) in [4.78, 5) is 34.7. The lowest BCUT2D eigenvalue weighted by atomic mass is 10.00. The maximum absolute atomic E-state index is 13.9. The van der Waals surface area contributed by atoms with Crippen molar-refractivity contribution in [2.24, 2.45) is 0 Å². The van der Waals surface area contributed by atoms with E-state index in [0.29, 0.717) is 5.56 Å². The summed E-state index contributed by atoms with van der Waals surface area (Å²) in [6.07, 6.45) is -11.5. The van der Waals surface area contributed by atoms with Crippen LogP contribution in [0.4, 0.5) is 13.2 Å². The average molecular weight is 598 g/mol. The molecule has 214 valence electrons. The molecule has 0 aliphatic carbocycles. The molecule has 1 aromatic heterocycles. The number of nitrogens with zero attached hydrogens (tertiary/aromatic N) is 3. The van der Waals surface area contributed by atoms with Crippen LogP contribution in [0.1, 0.15) is 38.3 Å². The van der Waals surface area contributed by atoms with Crippen molar-refractivity contribution in [1.29, 1.82) is 0 Å². The number of esters is 3. The molecule has 1 aliphatic rings. The van der Waals surface area contributed by atoms with Crippen LogP contribution in [0.2, 0.25) is 0 Å². The fourth-order valence-corrected chi connectivity index (χ4v) is 5.35. The Balaban J connectivity index is 2.14. The van der Waals surface area contributed by atoms with Gasteiger partial charge in [0.1, 0.15) is 18.1 Å². The van der Waals surface area contributed by atoms with Gasteiger partial charge < -0.3 is 18.9 Å². The molecule has 0 spiro atoms. The normalized spacial score (nSPS) is 23.6. The standard InChI is InChI=1S/C22H23ClF3N3O9S/c1-10-5-7-14(8-6-10)39(33,34)20-19(22(24,25)26)27-29(28-20)21-16(23)18(37-13(4)32)17(36-12(3)31)15(38-21)9-35-11(2)30/h5-8,15-18,21H,9H2,1-4H3/t15-,16-,17-,18-,21+/m1/s1. The number of rotatable bonds is 7. The molecule has 12 nitrogen and oxygen atoms in total. The van der Waals surface area contributed by atoms with Crippen LogP contribution < -0.4 is 0 Å². The number of ether oxygens (including phenoxy) is 4. The molecule has 0 bridgehead atoms. The fourth-order valence-electron chi connectivity index (χ4n) is 3.67. The van der Waals surface area contributed by atoms with Crippen molar-refractivity contribution in [3.05, 3.63) is 35.5 Å². The Morgan fingerprint density at radius 1 is 1.00 bits per heavy atom. The van der Waals surface area contributed by atoms with Crippen molar-refractivity contribution in [3.63, 3.8) is 0 Å². The summed E-state index contributed by atoms with van der Waals surface area (Å²) in [6, 6.07) is 5.01. The van der Waals surface area contributed by atoms with Crippen LogP contribution in [-0.4, -0.2) is 71.6 Å². The van der Waals surface area contributed by atoms with Crippen LogP contribution in [0.25, 0.3) is 0 Å². The van der Waals surface area contributed by atoms with Gasteiger partial charge in [0.05, 0.1) is 4.90 Å². The molecule has 5 atom stereocenters. The summed E-state index contributed by atoms with van der Waals surface area (Å²) in [5.41, 5.74) is -1.19. The van der Waals surface area contributed by atoms with Crippen LogP contribution in [0.3, 0.4) is 0 Å². The predicted octanol–water partition coefficient (Wildman–Crippen LogP) is 2.37. The maximum Gasteiger partial charge on any atom is 0.438 e. The number of alkyl halides is 4. The SMILES string of the molecule is CC(=O)OC[C@H]1O[C@H](n2nc(C(F)(F)F)c(S(=O)(=O)c3ccc(C)cc3)n2)[C@H](Cl)[C@@H](OC(C)=O)[C@@H]1OC(C)=O. The maximum atomic E-state index is 13.9. The molecule has 0 saturated carbocycles. The first kappa shape index (κ1) is 30.3. The molecule has 17 heteroatoms. The first-order valence-electron chi connectivity index (χ1n) is 11.2. The molecule has 0 radical (unpaired) electrons. The third-order valence-corrected chi connectivity index (χ3v) is 7.47. The highest BCUT2D eigenvalue weighted by atomic mass is 35.5. The summed E-state index contributed by atoms with van der Waals surface area (Å²) >= 11 is 6.43. The highest BCUT2D eigenvalue weighted by Gasteiger charge is 2.52. The van der Waals surface area contributed by atoms with Crippen molar-refractivity contribution < 1.29 is 54.9 Å². The van der Waals surface area contributed by atoms with Gasteiger partial charge in [-0.25, -0.2) is 8.42 Å². The van der Waals surface area contributed by atoms with E-state index in [1.54, 1.807) is 6.92 Å². The van der Waals surface area contributed by atoms with Crippen molar-refractivity contribution in [3.8, 4) is 0 Å².